The summed E-state index contributed by atoms with van der Waals surface area (Å²) in [4.78, 5) is 44.9. The summed E-state index contributed by atoms with van der Waals surface area (Å²) in [6, 6.07) is 6.55. The van der Waals surface area contributed by atoms with E-state index in [4.69, 9.17) is 18.7 Å². The second-order valence-electron chi connectivity index (χ2n) is 14.7. The van der Waals surface area contributed by atoms with Gasteiger partial charge < -0.3 is 34.5 Å². The second-order valence-corrected chi connectivity index (χ2v) is 15.8. The van der Waals surface area contributed by atoms with Crippen LogP contribution in [0.25, 0.3) is 0 Å². The number of aromatic nitrogens is 4. The molecule has 52 heavy (non-hydrogen) atoms. The van der Waals surface area contributed by atoms with Crippen molar-refractivity contribution in [3.63, 3.8) is 0 Å². The highest BCUT2D eigenvalue weighted by Crippen LogP contribution is 2.46. The molecule has 0 saturated heterocycles. The number of methoxy groups -OCH3 is 1. The second kappa shape index (κ2) is 15.2. The Labute approximate surface area is 301 Å². The minimum atomic E-state index is -4.89. The molecule has 2 fully saturated rings. The third kappa shape index (κ3) is 9.76. The third-order valence-electron chi connectivity index (χ3n) is 9.42. The molecule has 2 aromatic heterocycles. The normalized spacial score (nSPS) is 20.4. The summed E-state index contributed by atoms with van der Waals surface area (Å²) in [7, 11) is -1.76. The number of carbonyl (C=O) groups is 2. The first-order valence-corrected chi connectivity index (χ1v) is 18.5. The number of halogens is 1. The van der Waals surface area contributed by atoms with E-state index in [2.05, 4.69) is 20.8 Å². The molecule has 4 atom stereocenters. The molecule has 0 aliphatic heterocycles. The molecule has 3 aromatic rings. The van der Waals surface area contributed by atoms with Gasteiger partial charge in [-0.25, -0.2) is 18.4 Å². The number of aliphatic hydroxyl groups excluding tert-OH is 1. The van der Waals surface area contributed by atoms with Gasteiger partial charge in [0.15, 0.2) is 6.29 Å². The maximum Gasteiger partial charge on any atom is 0.524 e. The fourth-order valence-corrected chi connectivity index (χ4v) is 7.16. The average Bonchev–Trinajstić information content (AvgIpc) is 3.28. The summed E-state index contributed by atoms with van der Waals surface area (Å²) in [6.07, 6.45) is -2.62. The fraction of sp³-hybridized carbons (Fsp3) is 0.588. The SMILES string of the molecule is COCc1cc(C(=O)Nc2cc([C@H]3C[C@@H](F)[C@@H](OC(=O)NC4(C)CC4)C3)nn2COC(O)CC(C)(C)c2c(C)cc(C)cc2OP(=O)(O)O)n(C)n1. The summed E-state index contributed by atoms with van der Waals surface area (Å²) in [5.41, 5.74) is 1.92. The molecule has 16 nitrogen and oxygen atoms in total. The van der Waals surface area contributed by atoms with E-state index in [9.17, 15) is 29.0 Å². The number of hydrogen-bond acceptors (Lipinski definition) is 10. The number of anilines is 1. The summed E-state index contributed by atoms with van der Waals surface area (Å²) in [5.74, 6) is -0.767. The topological polar surface area (TPSA) is 209 Å². The van der Waals surface area contributed by atoms with Gasteiger partial charge in [-0.2, -0.15) is 10.2 Å². The fourth-order valence-electron chi connectivity index (χ4n) is 6.76. The zero-order chi connectivity index (χ0) is 38.2. The molecule has 5 N–H and O–H groups in total. The van der Waals surface area contributed by atoms with Crippen molar-refractivity contribution < 1.29 is 52.2 Å². The molecule has 0 bridgehead atoms. The number of hydrogen-bond donors (Lipinski definition) is 5. The van der Waals surface area contributed by atoms with Crippen LogP contribution < -0.4 is 15.2 Å². The van der Waals surface area contributed by atoms with Crippen molar-refractivity contribution in [1.82, 2.24) is 24.9 Å². The van der Waals surface area contributed by atoms with Crippen LogP contribution in [0.4, 0.5) is 15.0 Å². The number of aryl methyl sites for hydroxylation is 3. The molecule has 18 heteroatoms. The smallest absolute Gasteiger partial charge is 0.443 e. The number of carbonyl (C=O) groups excluding carboxylic acids is 2. The van der Waals surface area contributed by atoms with Crippen LogP contribution in [-0.4, -0.2) is 77.7 Å². The predicted molar refractivity (Wildman–Crippen MR) is 185 cm³/mol. The average molecular weight is 751 g/mol. The molecule has 1 aromatic carbocycles. The molecule has 5 rings (SSSR count). The van der Waals surface area contributed by atoms with E-state index < -0.39 is 49.7 Å². The number of rotatable bonds is 15. The number of nitrogens with zero attached hydrogens (tertiary/aromatic N) is 4. The van der Waals surface area contributed by atoms with Crippen molar-refractivity contribution in [2.75, 3.05) is 12.4 Å². The molecule has 2 aliphatic carbocycles. The van der Waals surface area contributed by atoms with E-state index >= 15 is 4.39 Å². The summed E-state index contributed by atoms with van der Waals surface area (Å²) in [6.45, 7) is 8.88. The van der Waals surface area contributed by atoms with Crippen LogP contribution in [0, 0.1) is 13.8 Å². The van der Waals surface area contributed by atoms with Gasteiger partial charge in [-0.15, -0.1) is 0 Å². The third-order valence-corrected chi connectivity index (χ3v) is 9.85. The van der Waals surface area contributed by atoms with E-state index in [1.165, 1.54) is 22.5 Å². The van der Waals surface area contributed by atoms with E-state index in [0.717, 1.165) is 18.4 Å². The number of phosphoric ester groups is 1. The van der Waals surface area contributed by atoms with Crippen LogP contribution in [0.1, 0.15) is 97.4 Å². The largest absolute Gasteiger partial charge is 0.524 e. The maximum absolute atomic E-state index is 15.2. The van der Waals surface area contributed by atoms with Crippen LogP contribution >= 0.6 is 7.82 Å². The Morgan fingerprint density at radius 2 is 1.87 bits per heavy atom. The Morgan fingerprint density at radius 3 is 2.52 bits per heavy atom. The molecule has 2 heterocycles. The first-order valence-electron chi connectivity index (χ1n) is 17.0. The highest BCUT2D eigenvalue weighted by molar-refractivity contribution is 7.46. The van der Waals surface area contributed by atoms with Gasteiger partial charge in [0.25, 0.3) is 5.91 Å². The number of ether oxygens (including phenoxy) is 3. The Morgan fingerprint density at radius 1 is 1.15 bits per heavy atom. The number of alkyl carbamates (subject to hydrolysis) is 1. The first kappa shape index (κ1) is 39.3. The lowest BCUT2D eigenvalue weighted by atomic mass is 9.78. The Balaban J connectivity index is 1.34. The lowest BCUT2D eigenvalue weighted by Crippen LogP contribution is -2.38. The van der Waals surface area contributed by atoms with Gasteiger partial charge in [-0.3, -0.25) is 19.3 Å². The zero-order valence-electron chi connectivity index (χ0n) is 30.4. The van der Waals surface area contributed by atoms with Crippen molar-refractivity contribution in [3.05, 3.63) is 58.0 Å². The summed E-state index contributed by atoms with van der Waals surface area (Å²) in [5, 5.41) is 25.6. The zero-order valence-corrected chi connectivity index (χ0v) is 31.3. The molecular weight excluding hydrogens is 702 g/mol. The monoisotopic (exact) mass is 750 g/mol. The molecule has 2 aliphatic rings. The predicted octanol–water partition coefficient (Wildman–Crippen LogP) is 4.63. The van der Waals surface area contributed by atoms with Gasteiger partial charge >= 0.3 is 13.9 Å². The first-order chi connectivity index (χ1) is 24.3. The van der Waals surface area contributed by atoms with Crippen LogP contribution in [0.2, 0.25) is 0 Å². The Kier molecular flexibility index (Phi) is 11.5. The molecule has 286 valence electrons. The van der Waals surface area contributed by atoms with Crippen molar-refractivity contribution >= 4 is 25.6 Å². The van der Waals surface area contributed by atoms with Crippen LogP contribution in [0.5, 0.6) is 5.75 Å². The van der Waals surface area contributed by atoms with Gasteiger partial charge in [0.1, 0.15) is 36.3 Å². The molecule has 2 saturated carbocycles. The molecule has 0 radical (unpaired) electrons. The number of alkyl halides is 1. The van der Waals surface area contributed by atoms with Crippen LogP contribution in [0.3, 0.4) is 0 Å². The van der Waals surface area contributed by atoms with Gasteiger partial charge in [0.2, 0.25) is 0 Å². The standard InChI is InChI=1S/C34H48FN6O10P/c1-19-10-20(2)30(27(11-19)51-52(45,46)47)33(3,4)16-29(42)49-18-41-28(36-31(43)25-14-22(17-48-7)38-40(25)6)15-24(39-41)21-12-23(35)26(13-21)50-32(44)37-34(5)8-9-34/h10-11,14-15,21,23,26,29,42H,8-9,12-13,16-18H2,1-7H3,(H,36,43)(H,37,44)(H2,45,46,47)/t21-,23+,26-,29?/m0/s1. The van der Waals surface area contributed by atoms with E-state index in [1.54, 1.807) is 46.9 Å². The number of phosphoric acid groups is 1. The molecular formula is C34H48FN6O10P. The Hall–Kier alpha value is -3.86. The van der Waals surface area contributed by atoms with Crippen molar-refractivity contribution in [3.8, 4) is 5.75 Å². The lowest BCUT2D eigenvalue weighted by molar-refractivity contribution is -0.138. The minimum Gasteiger partial charge on any atom is -0.443 e. The van der Waals surface area contributed by atoms with Crippen LogP contribution in [0.15, 0.2) is 24.3 Å². The van der Waals surface area contributed by atoms with Gasteiger partial charge in [-0.1, -0.05) is 19.9 Å². The van der Waals surface area contributed by atoms with Gasteiger partial charge in [-0.05, 0) is 75.1 Å². The van der Waals surface area contributed by atoms with E-state index in [1.807, 2.05) is 13.0 Å². The van der Waals surface area contributed by atoms with Gasteiger partial charge in [0, 0.05) is 43.7 Å². The summed E-state index contributed by atoms with van der Waals surface area (Å²) < 4.78 is 51.1. The van der Waals surface area contributed by atoms with Crippen molar-refractivity contribution in [2.24, 2.45) is 7.05 Å². The highest BCUT2D eigenvalue weighted by Gasteiger charge is 2.43. The molecule has 2 amide bonds. The maximum atomic E-state index is 15.2. The number of benzene rings is 1. The molecule has 0 spiro atoms. The van der Waals surface area contributed by atoms with E-state index in [-0.39, 0.29) is 55.4 Å². The summed E-state index contributed by atoms with van der Waals surface area (Å²) >= 11 is 0. The van der Waals surface area contributed by atoms with E-state index in [0.29, 0.717) is 22.5 Å². The number of amides is 2. The van der Waals surface area contributed by atoms with Crippen LogP contribution in [-0.2, 0) is 44.6 Å². The number of nitrogens with one attached hydrogen (secondary N) is 2. The quantitative estimate of drug-likeness (QED) is 0.106. The Bertz CT molecular complexity index is 1840. The lowest BCUT2D eigenvalue weighted by Gasteiger charge is -2.31. The van der Waals surface area contributed by atoms with Gasteiger partial charge in [0.05, 0.1) is 18.0 Å². The minimum absolute atomic E-state index is 0.00203. The number of aliphatic hydroxyl groups is 1. The van der Waals surface area contributed by atoms with Crippen molar-refractivity contribution in [2.45, 2.75) is 115 Å². The molecule has 1 unspecified atom stereocenters. The highest BCUT2D eigenvalue weighted by atomic mass is 31.2. The van der Waals surface area contributed by atoms with Crippen molar-refractivity contribution in [1.29, 1.82) is 0 Å².